The van der Waals surface area contributed by atoms with Crippen molar-refractivity contribution in [3.05, 3.63) is 0 Å². The summed E-state index contributed by atoms with van der Waals surface area (Å²) in [5, 5.41) is 3.04. The van der Waals surface area contributed by atoms with E-state index in [1.165, 1.54) is 0 Å². The van der Waals surface area contributed by atoms with Crippen LogP contribution in [-0.2, 0) is 9.53 Å². The number of nitrogens with one attached hydrogen (secondary N) is 1. The van der Waals surface area contributed by atoms with E-state index >= 15 is 0 Å². The molecule has 3 nitrogen and oxygen atoms in total. The molecule has 1 aliphatic heterocycles. The van der Waals surface area contributed by atoms with E-state index in [2.05, 4.69) is 12.2 Å². The maximum absolute atomic E-state index is 11.6. The minimum Gasteiger partial charge on any atom is -0.381 e. The number of hydrogen-bond donors (Lipinski definition) is 1. The molecule has 1 fully saturated rings. The largest absolute Gasteiger partial charge is 0.381 e. The minimum atomic E-state index is 0.162. The second-order valence-electron chi connectivity index (χ2n) is 4.49. The topological polar surface area (TPSA) is 38.3 Å². The monoisotopic (exact) mass is 213 g/mol. The maximum Gasteiger partial charge on any atom is 0.222 e. The zero-order valence-electron chi connectivity index (χ0n) is 9.92. The van der Waals surface area contributed by atoms with Crippen LogP contribution in [0.1, 0.15) is 39.5 Å². The molecular weight excluding hydrogens is 190 g/mol. The Hall–Kier alpha value is -0.570. The third kappa shape index (κ3) is 4.65. The molecule has 88 valence electrons. The lowest BCUT2D eigenvalue weighted by atomic mass is 9.99. The minimum absolute atomic E-state index is 0.162. The number of hydrogen-bond acceptors (Lipinski definition) is 2. The second kappa shape index (κ2) is 6.83. The number of amides is 1. The third-order valence-corrected chi connectivity index (χ3v) is 3.08. The average molecular weight is 213 g/mol. The quantitative estimate of drug-likeness (QED) is 0.758. The molecule has 1 aliphatic rings. The fourth-order valence-electron chi connectivity index (χ4n) is 1.93. The van der Waals surface area contributed by atoms with Gasteiger partial charge in [0.05, 0.1) is 0 Å². The molecule has 1 rings (SSSR count). The molecule has 0 spiro atoms. The molecule has 1 heterocycles. The normalized spacial score (nSPS) is 19.9. The van der Waals surface area contributed by atoms with Crippen LogP contribution in [0.2, 0.25) is 0 Å². The number of carbonyl (C=O) groups is 1. The van der Waals surface area contributed by atoms with Gasteiger partial charge in [-0.3, -0.25) is 4.79 Å². The molecule has 1 N–H and O–H groups in total. The first-order valence-corrected chi connectivity index (χ1v) is 6.09. The summed E-state index contributed by atoms with van der Waals surface area (Å²) in [5.74, 6) is 0.995. The fourth-order valence-corrected chi connectivity index (χ4v) is 1.93. The fraction of sp³-hybridized carbons (Fsp3) is 0.917. The Labute approximate surface area is 92.6 Å². The van der Waals surface area contributed by atoms with Gasteiger partial charge in [0, 0.05) is 25.7 Å². The molecule has 0 saturated carbocycles. The van der Waals surface area contributed by atoms with Crippen LogP contribution >= 0.6 is 0 Å². The first-order valence-electron chi connectivity index (χ1n) is 6.09. The number of carbonyl (C=O) groups excluding carboxylic acids is 1. The first kappa shape index (κ1) is 12.5. The van der Waals surface area contributed by atoms with E-state index in [-0.39, 0.29) is 11.8 Å². The van der Waals surface area contributed by atoms with Gasteiger partial charge in [-0.2, -0.15) is 0 Å². The Morgan fingerprint density at radius 3 is 2.73 bits per heavy atom. The van der Waals surface area contributed by atoms with Crippen molar-refractivity contribution >= 4 is 5.91 Å². The van der Waals surface area contributed by atoms with Crippen LogP contribution in [0.25, 0.3) is 0 Å². The Kier molecular flexibility index (Phi) is 5.69. The van der Waals surface area contributed by atoms with Crippen LogP contribution in [0.15, 0.2) is 0 Å². The Morgan fingerprint density at radius 2 is 2.13 bits per heavy atom. The van der Waals surface area contributed by atoms with Gasteiger partial charge < -0.3 is 10.1 Å². The third-order valence-electron chi connectivity index (χ3n) is 3.08. The van der Waals surface area contributed by atoms with Gasteiger partial charge in [-0.05, 0) is 25.2 Å². The van der Waals surface area contributed by atoms with Crippen LogP contribution in [0, 0.1) is 11.8 Å². The lowest BCUT2D eigenvalue weighted by molar-refractivity contribution is -0.125. The van der Waals surface area contributed by atoms with Crippen molar-refractivity contribution in [2.45, 2.75) is 39.5 Å². The molecule has 0 aromatic carbocycles. The van der Waals surface area contributed by atoms with Gasteiger partial charge >= 0.3 is 0 Å². The summed E-state index contributed by atoms with van der Waals surface area (Å²) in [4.78, 5) is 11.6. The summed E-state index contributed by atoms with van der Waals surface area (Å²) >= 11 is 0. The van der Waals surface area contributed by atoms with Crippen LogP contribution in [0.4, 0.5) is 0 Å². The van der Waals surface area contributed by atoms with Crippen molar-refractivity contribution in [2.75, 3.05) is 19.8 Å². The van der Waals surface area contributed by atoms with Crippen LogP contribution in [0.3, 0.4) is 0 Å². The predicted molar refractivity (Wildman–Crippen MR) is 60.6 cm³/mol. The Morgan fingerprint density at radius 1 is 1.47 bits per heavy atom. The highest BCUT2D eigenvalue weighted by Crippen LogP contribution is 2.13. The maximum atomic E-state index is 11.6. The molecule has 0 radical (unpaired) electrons. The highest BCUT2D eigenvalue weighted by molar-refractivity contribution is 5.78. The van der Waals surface area contributed by atoms with Gasteiger partial charge in [0.1, 0.15) is 0 Å². The van der Waals surface area contributed by atoms with E-state index in [1.807, 2.05) is 6.92 Å². The van der Waals surface area contributed by atoms with Crippen molar-refractivity contribution in [3.8, 4) is 0 Å². The average Bonchev–Trinajstić information content (AvgIpc) is 2.27. The Bertz CT molecular complexity index is 188. The molecule has 15 heavy (non-hydrogen) atoms. The summed E-state index contributed by atoms with van der Waals surface area (Å²) in [7, 11) is 0. The van der Waals surface area contributed by atoms with Crippen LogP contribution in [-0.4, -0.2) is 25.7 Å². The smallest absolute Gasteiger partial charge is 0.222 e. The zero-order valence-corrected chi connectivity index (χ0v) is 9.92. The molecule has 0 bridgehead atoms. The lowest BCUT2D eigenvalue weighted by Gasteiger charge is -2.23. The van der Waals surface area contributed by atoms with Crippen molar-refractivity contribution in [2.24, 2.45) is 11.8 Å². The second-order valence-corrected chi connectivity index (χ2v) is 4.49. The molecule has 1 atom stereocenters. The number of ether oxygens (including phenoxy) is 1. The molecule has 0 aromatic rings. The van der Waals surface area contributed by atoms with Crippen molar-refractivity contribution < 1.29 is 9.53 Å². The molecule has 0 aromatic heterocycles. The summed E-state index contributed by atoms with van der Waals surface area (Å²) in [6.45, 7) is 6.65. The molecule has 1 saturated heterocycles. The first-order chi connectivity index (χ1) is 7.24. The van der Waals surface area contributed by atoms with Crippen LogP contribution < -0.4 is 5.32 Å². The highest BCUT2D eigenvalue weighted by atomic mass is 16.5. The molecule has 3 heteroatoms. The van der Waals surface area contributed by atoms with E-state index in [4.69, 9.17) is 4.74 Å². The summed E-state index contributed by atoms with van der Waals surface area (Å²) in [5.41, 5.74) is 0. The predicted octanol–water partition coefficient (Wildman–Crippen LogP) is 1.97. The van der Waals surface area contributed by atoms with Crippen molar-refractivity contribution in [1.82, 2.24) is 5.32 Å². The van der Waals surface area contributed by atoms with E-state index in [0.717, 1.165) is 45.4 Å². The van der Waals surface area contributed by atoms with Gasteiger partial charge in [0.2, 0.25) is 5.91 Å². The van der Waals surface area contributed by atoms with Crippen molar-refractivity contribution in [3.63, 3.8) is 0 Å². The van der Waals surface area contributed by atoms with Crippen molar-refractivity contribution in [1.29, 1.82) is 0 Å². The van der Waals surface area contributed by atoms with Crippen LogP contribution in [0.5, 0.6) is 0 Å². The van der Waals surface area contributed by atoms with Gasteiger partial charge in [0.15, 0.2) is 0 Å². The number of rotatable bonds is 5. The highest BCUT2D eigenvalue weighted by Gasteiger charge is 2.16. The van der Waals surface area contributed by atoms with E-state index in [1.54, 1.807) is 0 Å². The Balaban J connectivity index is 2.14. The molecule has 0 aliphatic carbocycles. The molecular formula is C12H23NO2. The molecule has 0 unspecified atom stereocenters. The van der Waals surface area contributed by atoms with Gasteiger partial charge in [-0.1, -0.05) is 20.3 Å². The zero-order chi connectivity index (χ0) is 11.1. The molecule has 1 amide bonds. The summed E-state index contributed by atoms with van der Waals surface area (Å²) < 4.78 is 5.28. The van der Waals surface area contributed by atoms with E-state index < -0.39 is 0 Å². The lowest BCUT2D eigenvalue weighted by Crippen LogP contribution is -2.35. The van der Waals surface area contributed by atoms with Gasteiger partial charge in [0.25, 0.3) is 0 Å². The summed E-state index contributed by atoms with van der Waals surface area (Å²) in [6, 6.07) is 0. The van der Waals surface area contributed by atoms with Gasteiger partial charge in [-0.15, -0.1) is 0 Å². The summed E-state index contributed by atoms with van der Waals surface area (Å²) in [6.07, 6.45) is 4.23. The van der Waals surface area contributed by atoms with E-state index in [0.29, 0.717) is 5.92 Å². The van der Waals surface area contributed by atoms with Gasteiger partial charge in [-0.25, -0.2) is 0 Å². The standard InChI is InChI=1S/C12H23NO2/c1-3-4-10(2)12(14)13-9-11-5-7-15-8-6-11/h10-11H,3-9H2,1-2H3,(H,13,14)/t10-/m0/s1. The van der Waals surface area contributed by atoms with E-state index in [9.17, 15) is 4.79 Å². The SMILES string of the molecule is CCC[C@H](C)C(=O)NCC1CCOCC1.